The first-order valence-electron chi connectivity index (χ1n) is 10.6. The number of pyridine rings is 1. The molecule has 1 N–H and O–H groups in total. The highest BCUT2D eigenvalue weighted by molar-refractivity contribution is 6.23. The van der Waals surface area contributed by atoms with Crippen molar-refractivity contribution in [3.8, 4) is 0 Å². The third-order valence-electron chi connectivity index (χ3n) is 7.53. The number of imide groups is 1. The quantitative estimate of drug-likeness (QED) is 0.668. The van der Waals surface area contributed by atoms with Crippen molar-refractivity contribution in [3.63, 3.8) is 0 Å². The number of carbonyl (C=O) groups is 2. The Morgan fingerprint density at radius 3 is 2.47 bits per heavy atom. The molecule has 2 amide bonds. The van der Waals surface area contributed by atoms with E-state index in [1.807, 2.05) is 37.3 Å². The van der Waals surface area contributed by atoms with Crippen LogP contribution in [0.25, 0.3) is 10.9 Å². The standard InChI is InChI=1S/C25H22N2O3/c1-13-9-21(28)26-20-12-16(7-8-17(13)20)27-24(29)22-15-10-18(14-5-3-2-4-6-14)19(11-15)23(22)25(27)30/h2-9,12,15,18-19,22-23H,10-11H2,1H3,(H,26,28)/t15-,18+,19-,22-,23+/m0/s1. The summed E-state index contributed by atoms with van der Waals surface area (Å²) in [5, 5.41) is 0.918. The number of anilines is 1. The fourth-order valence-corrected chi connectivity index (χ4v) is 6.36. The van der Waals surface area contributed by atoms with Gasteiger partial charge >= 0.3 is 0 Å². The molecule has 150 valence electrons. The van der Waals surface area contributed by atoms with Gasteiger partial charge in [0.2, 0.25) is 17.4 Å². The van der Waals surface area contributed by atoms with Crippen LogP contribution >= 0.6 is 0 Å². The molecular formula is C25H22N2O3. The number of hydrogen-bond donors (Lipinski definition) is 1. The maximum Gasteiger partial charge on any atom is 0.248 e. The average molecular weight is 398 g/mol. The molecule has 6 rings (SSSR count). The molecule has 2 aromatic carbocycles. The Bertz CT molecular complexity index is 1260. The van der Waals surface area contributed by atoms with E-state index in [4.69, 9.17) is 0 Å². The fourth-order valence-electron chi connectivity index (χ4n) is 6.36. The molecule has 1 saturated heterocycles. The van der Waals surface area contributed by atoms with Gasteiger partial charge < -0.3 is 4.98 Å². The van der Waals surface area contributed by atoms with Crippen LogP contribution in [-0.2, 0) is 9.59 Å². The summed E-state index contributed by atoms with van der Waals surface area (Å²) in [5.41, 5.74) is 3.18. The van der Waals surface area contributed by atoms with Gasteiger partial charge in [-0.1, -0.05) is 36.4 Å². The van der Waals surface area contributed by atoms with Crippen LogP contribution in [0.3, 0.4) is 0 Å². The predicted molar refractivity (Wildman–Crippen MR) is 114 cm³/mol. The zero-order valence-corrected chi connectivity index (χ0v) is 16.7. The molecule has 2 aliphatic carbocycles. The van der Waals surface area contributed by atoms with Gasteiger partial charge in [0, 0.05) is 11.5 Å². The topological polar surface area (TPSA) is 70.2 Å². The number of rotatable bonds is 2. The minimum absolute atomic E-state index is 0.0710. The molecular weight excluding hydrogens is 376 g/mol. The first-order chi connectivity index (χ1) is 14.5. The van der Waals surface area contributed by atoms with Crippen molar-refractivity contribution >= 4 is 28.4 Å². The Morgan fingerprint density at radius 1 is 0.900 bits per heavy atom. The zero-order chi connectivity index (χ0) is 20.6. The molecule has 1 aliphatic heterocycles. The van der Waals surface area contributed by atoms with Crippen molar-refractivity contribution in [1.82, 2.24) is 4.98 Å². The van der Waals surface area contributed by atoms with Gasteiger partial charge in [0.1, 0.15) is 0 Å². The van der Waals surface area contributed by atoms with Crippen LogP contribution in [0.5, 0.6) is 0 Å². The molecule has 5 atom stereocenters. The average Bonchev–Trinajstić information content (AvgIpc) is 3.39. The molecule has 5 nitrogen and oxygen atoms in total. The summed E-state index contributed by atoms with van der Waals surface area (Å²) in [4.78, 5) is 42.9. The fraction of sp³-hybridized carbons (Fsp3) is 0.320. The Morgan fingerprint density at radius 2 is 1.67 bits per heavy atom. The molecule has 3 fully saturated rings. The molecule has 3 aromatic rings. The van der Waals surface area contributed by atoms with Crippen LogP contribution in [0.1, 0.15) is 29.9 Å². The summed E-state index contributed by atoms with van der Waals surface area (Å²) in [6.45, 7) is 1.88. The van der Waals surface area contributed by atoms with Crippen molar-refractivity contribution in [2.24, 2.45) is 23.7 Å². The summed E-state index contributed by atoms with van der Waals surface area (Å²) in [5.74, 6) is 0.277. The number of hydrogen-bond acceptors (Lipinski definition) is 3. The molecule has 0 unspecified atom stereocenters. The molecule has 0 radical (unpaired) electrons. The SMILES string of the molecule is Cc1cc(=O)[nH]c2cc(N3C(=O)[C@@H]4[C@H]5C[C@H](C[C@@H]5c5ccccc5)[C@@H]4C3=O)ccc12. The van der Waals surface area contributed by atoms with E-state index in [1.165, 1.54) is 10.5 Å². The van der Waals surface area contributed by atoms with Gasteiger partial charge in [-0.15, -0.1) is 0 Å². The predicted octanol–water partition coefficient (Wildman–Crippen LogP) is 3.77. The number of fused-ring (bicyclic) bond motifs is 6. The van der Waals surface area contributed by atoms with Gasteiger partial charge in [0.25, 0.3) is 0 Å². The van der Waals surface area contributed by atoms with E-state index in [9.17, 15) is 14.4 Å². The second-order valence-electron chi connectivity index (χ2n) is 9.02. The number of nitrogens with one attached hydrogen (secondary N) is 1. The van der Waals surface area contributed by atoms with Crippen LogP contribution in [0.4, 0.5) is 5.69 Å². The summed E-state index contributed by atoms with van der Waals surface area (Å²) >= 11 is 0. The number of carbonyl (C=O) groups excluding carboxylic acids is 2. The maximum absolute atomic E-state index is 13.5. The van der Waals surface area contributed by atoms with Gasteiger partial charge in [-0.25, -0.2) is 4.90 Å². The second-order valence-corrected chi connectivity index (χ2v) is 9.02. The van der Waals surface area contributed by atoms with E-state index in [2.05, 4.69) is 17.1 Å². The van der Waals surface area contributed by atoms with Crippen molar-refractivity contribution in [3.05, 3.63) is 76.1 Å². The lowest BCUT2D eigenvalue weighted by Crippen LogP contribution is -2.33. The summed E-state index contributed by atoms with van der Waals surface area (Å²) in [6.07, 6.45) is 1.94. The zero-order valence-electron chi connectivity index (χ0n) is 16.7. The number of nitrogens with zero attached hydrogens (tertiary/aromatic N) is 1. The van der Waals surface area contributed by atoms with Crippen molar-refractivity contribution in [2.45, 2.75) is 25.7 Å². The lowest BCUT2D eigenvalue weighted by atomic mass is 9.73. The summed E-state index contributed by atoms with van der Waals surface area (Å²) in [6, 6.07) is 17.4. The minimum atomic E-state index is -0.228. The van der Waals surface area contributed by atoms with Crippen LogP contribution in [0, 0.1) is 30.6 Å². The summed E-state index contributed by atoms with van der Waals surface area (Å²) < 4.78 is 0. The van der Waals surface area contributed by atoms with Crippen LogP contribution in [0.15, 0.2) is 59.4 Å². The van der Waals surface area contributed by atoms with E-state index in [0.717, 1.165) is 23.8 Å². The molecule has 2 bridgehead atoms. The lowest BCUT2D eigenvalue weighted by molar-refractivity contribution is -0.123. The number of aryl methyl sites for hydroxylation is 1. The van der Waals surface area contributed by atoms with Crippen LogP contribution < -0.4 is 10.5 Å². The highest BCUT2D eigenvalue weighted by atomic mass is 16.2. The smallest absolute Gasteiger partial charge is 0.248 e. The number of amides is 2. The van der Waals surface area contributed by atoms with Gasteiger partial charge in [-0.3, -0.25) is 14.4 Å². The molecule has 0 spiro atoms. The van der Waals surface area contributed by atoms with Crippen molar-refractivity contribution in [2.75, 3.05) is 4.90 Å². The molecule has 2 heterocycles. The molecule has 2 saturated carbocycles. The van der Waals surface area contributed by atoms with Gasteiger partial charge in [0.15, 0.2) is 0 Å². The molecule has 30 heavy (non-hydrogen) atoms. The van der Waals surface area contributed by atoms with E-state index >= 15 is 0 Å². The highest BCUT2D eigenvalue weighted by Gasteiger charge is 2.64. The molecule has 1 aromatic heterocycles. The third-order valence-corrected chi connectivity index (χ3v) is 7.53. The van der Waals surface area contributed by atoms with Gasteiger partial charge in [0.05, 0.1) is 23.0 Å². The summed E-state index contributed by atoms with van der Waals surface area (Å²) in [7, 11) is 0. The van der Waals surface area contributed by atoms with E-state index in [1.54, 1.807) is 12.1 Å². The van der Waals surface area contributed by atoms with Gasteiger partial charge in [-0.2, -0.15) is 0 Å². The minimum Gasteiger partial charge on any atom is -0.322 e. The number of benzene rings is 2. The Labute approximate surface area is 173 Å². The highest BCUT2D eigenvalue weighted by Crippen LogP contribution is 2.61. The lowest BCUT2D eigenvalue weighted by Gasteiger charge is -2.28. The Hall–Kier alpha value is -3.21. The Balaban J connectivity index is 1.38. The van der Waals surface area contributed by atoms with E-state index in [0.29, 0.717) is 17.1 Å². The number of aromatic nitrogens is 1. The molecule has 5 heteroatoms. The second kappa shape index (κ2) is 6.14. The number of H-pyrrole nitrogens is 1. The Kier molecular flexibility index (Phi) is 3.61. The van der Waals surface area contributed by atoms with Crippen molar-refractivity contribution < 1.29 is 9.59 Å². The largest absolute Gasteiger partial charge is 0.322 e. The van der Waals surface area contributed by atoms with Crippen molar-refractivity contribution in [1.29, 1.82) is 0 Å². The van der Waals surface area contributed by atoms with E-state index < -0.39 is 0 Å². The third kappa shape index (κ3) is 2.32. The van der Waals surface area contributed by atoms with Crippen LogP contribution in [0.2, 0.25) is 0 Å². The van der Waals surface area contributed by atoms with E-state index in [-0.39, 0.29) is 41.0 Å². The number of aromatic amines is 1. The first-order valence-corrected chi connectivity index (χ1v) is 10.6. The first kappa shape index (κ1) is 17.6. The normalized spacial score (nSPS) is 29.8. The maximum atomic E-state index is 13.5. The van der Waals surface area contributed by atoms with Crippen LogP contribution in [-0.4, -0.2) is 16.8 Å². The molecule has 3 aliphatic rings. The monoisotopic (exact) mass is 398 g/mol. The van der Waals surface area contributed by atoms with Gasteiger partial charge in [-0.05, 0) is 60.8 Å².